The van der Waals surface area contributed by atoms with Gasteiger partial charge in [-0.15, -0.1) is 11.3 Å². The first kappa shape index (κ1) is 17.9. The van der Waals surface area contributed by atoms with Crippen LogP contribution in [0.15, 0.2) is 48.5 Å². The van der Waals surface area contributed by atoms with Crippen molar-refractivity contribution in [3.63, 3.8) is 0 Å². The SMILES string of the molecule is CCOc1ccc(-c2nc(NC(=O)c3cccc(OC)c3)sc2C)cc1. The van der Waals surface area contributed by atoms with E-state index in [1.807, 2.05) is 38.1 Å². The molecule has 3 aromatic rings. The first-order valence-electron chi connectivity index (χ1n) is 8.26. The smallest absolute Gasteiger partial charge is 0.257 e. The van der Waals surface area contributed by atoms with Crippen molar-refractivity contribution in [1.82, 2.24) is 4.98 Å². The average Bonchev–Trinajstić information content (AvgIpc) is 3.02. The molecule has 3 rings (SSSR count). The molecule has 26 heavy (non-hydrogen) atoms. The van der Waals surface area contributed by atoms with E-state index in [9.17, 15) is 4.79 Å². The normalized spacial score (nSPS) is 10.4. The molecule has 1 heterocycles. The molecule has 0 aliphatic heterocycles. The van der Waals surface area contributed by atoms with Crippen LogP contribution in [0.2, 0.25) is 0 Å². The minimum atomic E-state index is -0.212. The van der Waals surface area contributed by atoms with Crippen molar-refractivity contribution in [2.75, 3.05) is 19.0 Å². The molecule has 134 valence electrons. The molecule has 0 bridgehead atoms. The molecular formula is C20H20N2O3S. The quantitative estimate of drug-likeness (QED) is 0.680. The zero-order valence-corrected chi connectivity index (χ0v) is 15.7. The molecule has 6 heteroatoms. The van der Waals surface area contributed by atoms with E-state index in [0.717, 1.165) is 21.9 Å². The molecule has 2 aromatic carbocycles. The molecule has 0 spiro atoms. The second-order valence-electron chi connectivity index (χ2n) is 5.57. The predicted octanol–water partition coefficient (Wildman–Crippen LogP) is 4.78. The van der Waals surface area contributed by atoms with E-state index in [4.69, 9.17) is 9.47 Å². The lowest BCUT2D eigenvalue weighted by molar-refractivity contribution is 0.102. The van der Waals surface area contributed by atoms with Gasteiger partial charge >= 0.3 is 0 Å². The van der Waals surface area contributed by atoms with Crippen LogP contribution in [0.4, 0.5) is 5.13 Å². The van der Waals surface area contributed by atoms with Crippen molar-refractivity contribution in [2.45, 2.75) is 13.8 Å². The Kier molecular flexibility index (Phi) is 5.53. The summed E-state index contributed by atoms with van der Waals surface area (Å²) in [5.74, 6) is 1.26. The van der Waals surface area contributed by atoms with E-state index in [1.54, 1.807) is 31.4 Å². The lowest BCUT2D eigenvalue weighted by Crippen LogP contribution is -2.11. The van der Waals surface area contributed by atoms with Gasteiger partial charge in [-0.1, -0.05) is 6.07 Å². The number of thiazole rings is 1. The number of hydrogen-bond acceptors (Lipinski definition) is 5. The fraction of sp³-hybridized carbons (Fsp3) is 0.200. The highest BCUT2D eigenvalue weighted by molar-refractivity contribution is 7.16. The molecule has 0 atom stereocenters. The minimum Gasteiger partial charge on any atom is -0.497 e. The molecule has 0 aliphatic rings. The first-order valence-corrected chi connectivity index (χ1v) is 9.08. The van der Waals surface area contributed by atoms with Crippen LogP contribution in [0, 0.1) is 6.92 Å². The van der Waals surface area contributed by atoms with Crippen molar-refractivity contribution >= 4 is 22.4 Å². The second kappa shape index (κ2) is 8.01. The average molecular weight is 368 g/mol. The van der Waals surface area contributed by atoms with Crippen molar-refractivity contribution in [2.24, 2.45) is 0 Å². The maximum absolute atomic E-state index is 12.4. The summed E-state index contributed by atoms with van der Waals surface area (Å²) in [7, 11) is 1.57. The number of methoxy groups -OCH3 is 1. The predicted molar refractivity (Wildman–Crippen MR) is 104 cm³/mol. The number of amides is 1. The van der Waals surface area contributed by atoms with Gasteiger partial charge < -0.3 is 9.47 Å². The number of aromatic nitrogens is 1. The van der Waals surface area contributed by atoms with Gasteiger partial charge in [0.15, 0.2) is 5.13 Å². The molecule has 1 amide bonds. The monoisotopic (exact) mass is 368 g/mol. The maximum Gasteiger partial charge on any atom is 0.257 e. The van der Waals surface area contributed by atoms with Crippen LogP contribution >= 0.6 is 11.3 Å². The number of anilines is 1. The maximum atomic E-state index is 12.4. The third kappa shape index (κ3) is 4.03. The molecule has 0 saturated carbocycles. The third-order valence-electron chi connectivity index (χ3n) is 3.79. The van der Waals surface area contributed by atoms with E-state index >= 15 is 0 Å². The molecular weight excluding hydrogens is 348 g/mol. The molecule has 0 radical (unpaired) electrons. The lowest BCUT2D eigenvalue weighted by atomic mass is 10.1. The lowest BCUT2D eigenvalue weighted by Gasteiger charge is -2.04. The Morgan fingerprint density at radius 3 is 2.62 bits per heavy atom. The summed E-state index contributed by atoms with van der Waals surface area (Å²) in [5.41, 5.74) is 2.38. The van der Waals surface area contributed by atoms with Gasteiger partial charge in [0.25, 0.3) is 5.91 Å². The zero-order valence-electron chi connectivity index (χ0n) is 14.9. The topological polar surface area (TPSA) is 60.5 Å². The van der Waals surface area contributed by atoms with Gasteiger partial charge in [-0.05, 0) is 56.3 Å². The van der Waals surface area contributed by atoms with E-state index < -0.39 is 0 Å². The third-order valence-corrected chi connectivity index (χ3v) is 4.67. The first-order chi connectivity index (χ1) is 12.6. The van der Waals surface area contributed by atoms with Crippen molar-refractivity contribution in [3.8, 4) is 22.8 Å². The van der Waals surface area contributed by atoms with Gasteiger partial charge in [-0.3, -0.25) is 10.1 Å². The van der Waals surface area contributed by atoms with Crippen LogP contribution in [0.25, 0.3) is 11.3 Å². The number of aryl methyl sites for hydroxylation is 1. The van der Waals surface area contributed by atoms with E-state index in [0.29, 0.717) is 23.1 Å². The van der Waals surface area contributed by atoms with Crippen molar-refractivity contribution in [1.29, 1.82) is 0 Å². The summed E-state index contributed by atoms with van der Waals surface area (Å²) in [6, 6.07) is 14.8. The molecule has 1 N–H and O–H groups in total. The zero-order chi connectivity index (χ0) is 18.5. The standard InChI is InChI=1S/C20H20N2O3S/c1-4-25-16-10-8-14(9-11-16)18-13(2)26-20(21-18)22-19(23)15-6-5-7-17(12-15)24-3/h5-12H,4H2,1-3H3,(H,21,22,23). The van der Waals surface area contributed by atoms with Crippen LogP contribution in [0.5, 0.6) is 11.5 Å². The molecule has 0 unspecified atom stereocenters. The summed E-state index contributed by atoms with van der Waals surface area (Å²) in [6.45, 7) is 4.58. The number of carbonyl (C=O) groups is 1. The van der Waals surface area contributed by atoms with Crippen molar-refractivity contribution < 1.29 is 14.3 Å². The van der Waals surface area contributed by atoms with Crippen molar-refractivity contribution in [3.05, 3.63) is 59.0 Å². The molecule has 1 aromatic heterocycles. The summed E-state index contributed by atoms with van der Waals surface area (Å²) in [5, 5.41) is 3.43. The Morgan fingerprint density at radius 2 is 1.92 bits per heavy atom. The Bertz CT molecular complexity index is 904. The number of nitrogens with zero attached hydrogens (tertiary/aromatic N) is 1. The van der Waals surface area contributed by atoms with Gasteiger partial charge in [-0.2, -0.15) is 0 Å². The highest BCUT2D eigenvalue weighted by Crippen LogP contribution is 2.31. The number of benzene rings is 2. The number of nitrogens with one attached hydrogen (secondary N) is 1. The largest absolute Gasteiger partial charge is 0.497 e. The van der Waals surface area contributed by atoms with Crippen LogP contribution in [-0.4, -0.2) is 24.6 Å². The molecule has 0 aliphatic carbocycles. The molecule has 0 saturated heterocycles. The van der Waals surface area contributed by atoms with Gasteiger partial charge in [0, 0.05) is 16.0 Å². The number of hydrogen-bond donors (Lipinski definition) is 1. The van der Waals surface area contributed by atoms with E-state index in [2.05, 4.69) is 10.3 Å². The van der Waals surface area contributed by atoms with Crippen LogP contribution in [-0.2, 0) is 0 Å². The Morgan fingerprint density at radius 1 is 1.15 bits per heavy atom. The summed E-state index contributed by atoms with van der Waals surface area (Å²) < 4.78 is 10.6. The van der Waals surface area contributed by atoms with Gasteiger partial charge in [0.1, 0.15) is 11.5 Å². The Labute approximate surface area is 156 Å². The van der Waals surface area contributed by atoms with E-state index in [1.165, 1.54) is 11.3 Å². The van der Waals surface area contributed by atoms with Crippen LogP contribution in [0.3, 0.4) is 0 Å². The van der Waals surface area contributed by atoms with E-state index in [-0.39, 0.29) is 5.91 Å². The Balaban J connectivity index is 1.78. The number of ether oxygens (including phenoxy) is 2. The fourth-order valence-electron chi connectivity index (χ4n) is 2.53. The summed E-state index contributed by atoms with van der Waals surface area (Å²) >= 11 is 1.45. The van der Waals surface area contributed by atoms with Gasteiger partial charge in [0.2, 0.25) is 0 Å². The summed E-state index contributed by atoms with van der Waals surface area (Å²) in [4.78, 5) is 18.1. The number of rotatable bonds is 6. The Hall–Kier alpha value is -2.86. The van der Waals surface area contributed by atoms with Crippen LogP contribution in [0.1, 0.15) is 22.2 Å². The minimum absolute atomic E-state index is 0.212. The highest BCUT2D eigenvalue weighted by Gasteiger charge is 2.14. The highest BCUT2D eigenvalue weighted by atomic mass is 32.1. The van der Waals surface area contributed by atoms with Gasteiger partial charge in [-0.25, -0.2) is 4.98 Å². The summed E-state index contributed by atoms with van der Waals surface area (Å²) in [6.07, 6.45) is 0. The van der Waals surface area contributed by atoms with Gasteiger partial charge in [0.05, 0.1) is 19.4 Å². The second-order valence-corrected chi connectivity index (χ2v) is 6.77. The molecule has 0 fully saturated rings. The number of carbonyl (C=O) groups excluding carboxylic acids is 1. The van der Waals surface area contributed by atoms with Crippen LogP contribution < -0.4 is 14.8 Å². The fourth-order valence-corrected chi connectivity index (χ4v) is 3.36. The molecule has 5 nitrogen and oxygen atoms in total.